The quantitative estimate of drug-likeness (QED) is 0.504. The van der Waals surface area contributed by atoms with Gasteiger partial charge >= 0.3 is 0 Å². The fraction of sp³-hybridized carbons (Fsp3) is 0.217. The van der Waals surface area contributed by atoms with Crippen LogP contribution in [0.2, 0.25) is 5.02 Å². The van der Waals surface area contributed by atoms with Gasteiger partial charge in [0.1, 0.15) is 11.5 Å². The average molecular weight is 411 g/mol. The number of nitrogens with zero attached hydrogens (tertiary/aromatic N) is 1. The fourth-order valence-corrected chi connectivity index (χ4v) is 3.02. The van der Waals surface area contributed by atoms with Crippen molar-refractivity contribution >= 4 is 23.2 Å². The van der Waals surface area contributed by atoms with Crippen molar-refractivity contribution in [3.63, 3.8) is 0 Å². The second kappa shape index (κ2) is 9.54. The molecule has 0 aliphatic rings. The highest BCUT2D eigenvalue weighted by atomic mass is 35.5. The third-order valence-corrected chi connectivity index (χ3v) is 4.67. The first-order valence-electron chi connectivity index (χ1n) is 9.41. The molecule has 0 spiro atoms. The van der Waals surface area contributed by atoms with Crippen molar-refractivity contribution in [1.29, 1.82) is 0 Å². The van der Waals surface area contributed by atoms with Gasteiger partial charge in [0.15, 0.2) is 0 Å². The van der Waals surface area contributed by atoms with Crippen molar-refractivity contribution in [1.82, 2.24) is 4.98 Å². The van der Waals surface area contributed by atoms with Crippen LogP contribution in [-0.2, 0) is 4.74 Å². The highest BCUT2D eigenvalue weighted by molar-refractivity contribution is 6.32. The summed E-state index contributed by atoms with van der Waals surface area (Å²) < 4.78 is 11.3. The number of ether oxygens (including phenoxy) is 2. The zero-order chi connectivity index (χ0) is 20.8. The van der Waals surface area contributed by atoms with Gasteiger partial charge in [0.05, 0.1) is 28.1 Å². The van der Waals surface area contributed by atoms with Gasteiger partial charge in [-0.2, -0.15) is 0 Å². The van der Waals surface area contributed by atoms with Crippen LogP contribution in [0, 0.1) is 6.92 Å². The molecule has 6 heteroatoms. The number of aryl methyl sites for hydroxylation is 1. The van der Waals surface area contributed by atoms with Gasteiger partial charge in [0, 0.05) is 12.3 Å². The number of carbonyl (C=O) groups excluding carboxylic acids is 1. The normalized spacial score (nSPS) is 11.7. The van der Waals surface area contributed by atoms with Crippen molar-refractivity contribution in [2.45, 2.75) is 26.9 Å². The maximum absolute atomic E-state index is 12.6. The van der Waals surface area contributed by atoms with Crippen LogP contribution in [0.5, 0.6) is 11.5 Å². The molecule has 29 heavy (non-hydrogen) atoms. The van der Waals surface area contributed by atoms with Crippen LogP contribution >= 0.6 is 11.6 Å². The van der Waals surface area contributed by atoms with E-state index in [0.717, 1.165) is 5.69 Å². The summed E-state index contributed by atoms with van der Waals surface area (Å²) in [5, 5.41) is 3.42. The van der Waals surface area contributed by atoms with Gasteiger partial charge in [-0.05, 0) is 69.3 Å². The monoisotopic (exact) mass is 410 g/mol. The Kier molecular flexibility index (Phi) is 6.86. The summed E-state index contributed by atoms with van der Waals surface area (Å²) >= 11 is 6.11. The molecule has 0 fully saturated rings. The Balaban J connectivity index is 1.67. The second-order valence-corrected chi connectivity index (χ2v) is 6.88. The minimum Gasteiger partial charge on any atom is -0.456 e. The number of benzene rings is 2. The number of anilines is 1. The number of nitrogens with one attached hydrogen (secondary N) is 1. The first-order valence-corrected chi connectivity index (χ1v) is 9.78. The Morgan fingerprint density at radius 2 is 1.83 bits per heavy atom. The van der Waals surface area contributed by atoms with Crippen LogP contribution in [0.15, 0.2) is 60.7 Å². The third-order valence-electron chi connectivity index (χ3n) is 4.36. The lowest BCUT2D eigenvalue weighted by molar-refractivity contribution is 0.0732. The SMILES string of the molecule is CCOC(C)c1ccc(C(=O)Nc2ccc(Oc3ccccc3Cl)cc2)c(C)n1. The molecular weight excluding hydrogens is 388 g/mol. The summed E-state index contributed by atoms with van der Waals surface area (Å²) in [6, 6.07) is 18.0. The number of amides is 1. The Hall–Kier alpha value is -2.89. The topological polar surface area (TPSA) is 60.5 Å². The largest absolute Gasteiger partial charge is 0.456 e. The smallest absolute Gasteiger partial charge is 0.257 e. The third kappa shape index (κ3) is 5.34. The summed E-state index contributed by atoms with van der Waals surface area (Å²) in [7, 11) is 0. The van der Waals surface area contributed by atoms with E-state index in [1.807, 2.05) is 39.0 Å². The maximum Gasteiger partial charge on any atom is 0.257 e. The lowest BCUT2D eigenvalue weighted by atomic mass is 10.1. The predicted molar refractivity (Wildman–Crippen MR) is 115 cm³/mol. The van der Waals surface area contributed by atoms with Crippen LogP contribution < -0.4 is 10.1 Å². The first-order chi connectivity index (χ1) is 14.0. The van der Waals surface area contributed by atoms with E-state index in [1.54, 1.807) is 42.5 Å². The van der Waals surface area contributed by atoms with E-state index < -0.39 is 0 Å². The minimum atomic E-state index is -0.217. The molecule has 0 saturated heterocycles. The fourth-order valence-electron chi connectivity index (χ4n) is 2.84. The number of rotatable bonds is 7. The van der Waals surface area contributed by atoms with E-state index in [9.17, 15) is 4.79 Å². The van der Waals surface area contributed by atoms with E-state index in [4.69, 9.17) is 21.1 Å². The van der Waals surface area contributed by atoms with E-state index in [0.29, 0.717) is 40.1 Å². The van der Waals surface area contributed by atoms with E-state index >= 15 is 0 Å². The predicted octanol–water partition coefficient (Wildman–Crippen LogP) is 6.19. The number of pyridine rings is 1. The van der Waals surface area contributed by atoms with E-state index in [-0.39, 0.29) is 12.0 Å². The van der Waals surface area contributed by atoms with Crippen molar-refractivity contribution in [3.8, 4) is 11.5 Å². The molecular formula is C23H23ClN2O3. The number of carbonyl (C=O) groups is 1. The van der Waals surface area contributed by atoms with Gasteiger partial charge in [-0.25, -0.2) is 0 Å². The molecule has 2 aromatic carbocycles. The van der Waals surface area contributed by atoms with Gasteiger partial charge in [0.2, 0.25) is 0 Å². The summed E-state index contributed by atoms with van der Waals surface area (Å²) in [4.78, 5) is 17.1. The molecule has 3 rings (SSSR count). The number of hydrogen-bond donors (Lipinski definition) is 1. The number of halogens is 1. The van der Waals surface area contributed by atoms with Gasteiger partial charge in [-0.1, -0.05) is 23.7 Å². The molecule has 0 aliphatic heterocycles. The van der Waals surface area contributed by atoms with Gasteiger partial charge in [0.25, 0.3) is 5.91 Å². The standard InChI is InChI=1S/C23H23ClN2O3/c1-4-28-16(3)21-14-13-19(15(2)25-21)23(27)26-17-9-11-18(12-10-17)29-22-8-6-5-7-20(22)24/h5-14,16H,4H2,1-3H3,(H,26,27). The van der Waals surface area contributed by atoms with Crippen molar-refractivity contribution in [2.75, 3.05) is 11.9 Å². The molecule has 1 heterocycles. The average Bonchev–Trinajstić information content (AvgIpc) is 2.71. The summed E-state index contributed by atoms with van der Waals surface area (Å²) in [6.45, 7) is 6.31. The minimum absolute atomic E-state index is 0.110. The molecule has 1 N–H and O–H groups in total. The van der Waals surface area contributed by atoms with Gasteiger partial charge < -0.3 is 14.8 Å². The molecule has 0 bridgehead atoms. The molecule has 3 aromatic rings. The van der Waals surface area contributed by atoms with Crippen LogP contribution in [0.1, 0.15) is 41.7 Å². The number of aromatic nitrogens is 1. The van der Waals surface area contributed by atoms with Crippen molar-refractivity contribution < 1.29 is 14.3 Å². The molecule has 5 nitrogen and oxygen atoms in total. The second-order valence-electron chi connectivity index (χ2n) is 6.48. The molecule has 1 atom stereocenters. The summed E-state index contributed by atoms with van der Waals surface area (Å²) in [6.07, 6.45) is -0.110. The Morgan fingerprint density at radius 1 is 1.10 bits per heavy atom. The lowest BCUT2D eigenvalue weighted by Crippen LogP contribution is -2.15. The highest BCUT2D eigenvalue weighted by Crippen LogP contribution is 2.29. The Bertz CT molecular complexity index is 990. The molecule has 1 unspecified atom stereocenters. The number of hydrogen-bond acceptors (Lipinski definition) is 4. The van der Waals surface area contributed by atoms with E-state index in [2.05, 4.69) is 10.3 Å². The van der Waals surface area contributed by atoms with Gasteiger partial charge in [-0.15, -0.1) is 0 Å². The summed E-state index contributed by atoms with van der Waals surface area (Å²) in [5.74, 6) is 0.989. The van der Waals surface area contributed by atoms with Crippen LogP contribution in [0.25, 0.3) is 0 Å². The molecule has 0 radical (unpaired) electrons. The van der Waals surface area contributed by atoms with Crippen molar-refractivity contribution in [3.05, 3.63) is 82.6 Å². The molecule has 0 saturated carbocycles. The Morgan fingerprint density at radius 3 is 2.48 bits per heavy atom. The highest BCUT2D eigenvalue weighted by Gasteiger charge is 2.14. The van der Waals surface area contributed by atoms with E-state index in [1.165, 1.54) is 0 Å². The zero-order valence-electron chi connectivity index (χ0n) is 16.6. The summed E-state index contributed by atoms with van der Waals surface area (Å²) in [5.41, 5.74) is 2.65. The Labute approximate surface area is 175 Å². The zero-order valence-corrected chi connectivity index (χ0v) is 17.4. The molecule has 0 aliphatic carbocycles. The molecule has 1 aromatic heterocycles. The molecule has 1 amide bonds. The molecule has 150 valence electrons. The van der Waals surface area contributed by atoms with Crippen molar-refractivity contribution in [2.24, 2.45) is 0 Å². The number of para-hydroxylation sites is 1. The van der Waals surface area contributed by atoms with Crippen LogP contribution in [0.3, 0.4) is 0 Å². The first kappa shape index (κ1) is 20.8. The van der Waals surface area contributed by atoms with Gasteiger partial charge in [-0.3, -0.25) is 9.78 Å². The van der Waals surface area contributed by atoms with Crippen LogP contribution in [-0.4, -0.2) is 17.5 Å². The lowest BCUT2D eigenvalue weighted by Gasteiger charge is -2.14. The maximum atomic E-state index is 12.6. The van der Waals surface area contributed by atoms with Crippen LogP contribution in [0.4, 0.5) is 5.69 Å².